The van der Waals surface area contributed by atoms with Crippen LogP contribution in [0.25, 0.3) is 0 Å². The molecule has 1 aromatic carbocycles. The molecule has 0 amide bonds. The number of carbonyl (C=O) groups is 1. The summed E-state index contributed by atoms with van der Waals surface area (Å²) in [6.45, 7) is 3.73. The lowest BCUT2D eigenvalue weighted by molar-refractivity contribution is 0.108. The highest BCUT2D eigenvalue weighted by Crippen LogP contribution is 2.39. The first kappa shape index (κ1) is 17.1. The van der Waals surface area contributed by atoms with Gasteiger partial charge in [-0.25, -0.2) is 9.97 Å². The van der Waals surface area contributed by atoms with Crippen LogP contribution < -0.4 is 14.2 Å². The molecule has 0 atom stereocenters. The van der Waals surface area contributed by atoms with Crippen molar-refractivity contribution in [3.63, 3.8) is 0 Å². The van der Waals surface area contributed by atoms with E-state index in [0.717, 1.165) is 23.1 Å². The Morgan fingerprint density at radius 1 is 0.913 bits per heavy atom. The van der Waals surface area contributed by atoms with Gasteiger partial charge in [0.05, 0.1) is 21.3 Å². The zero-order valence-electron chi connectivity index (χ0n) is 13.7. The Hall–Kier alpha value is -2.28. The Kier molecular flexibility index (Phi) is 5.44. The average molecular weight is 334 g/mol. The third kappa shape index (κ3) is 3.92. The number of rotatable bonds is 5. The van der Waals surface area contributed by atoms with Crippen molar-refractivity contribution >= 4 is 16.9 Å². The van der Waals surface area contributed by atoms with Crippen molar-refractivity contribution in [3.05, 3.63) is 35.2 Å². The van der Waals surface area contributed by atoms with E-state index in [1.807, 2.05) is 19.9 Å². The summed E-state index contributed by atoms with van der Waals surface area (Å²) in [6.07, 6.45) is 0. The summed E-state index contributed by atoms with van der Waals surface area (Å²) in [4.78, 5) is 21.0. The Labute approximate surface area is 139 Å². The van der Waals surface area contributed by atoms with Crippen LogP contribution >= 0.6 is 11.8 Å². The number of hydrogen-bond donors (Lipinski definition) is 0. The summed E-state index contributed by atoms with van der Waals surface area (Å²) in [5.74, 6) is 1.30. The Bertz CT molecular complexity index is 689. The van der Waals surface area contributed by atoms with Crippen LogP contribution in [0, 0.1) is 13.8 Å². The van der Waals surface area contributed by atoms with Crippen LogP contribution in [0.4, 0.5) is 0 Å². The first-order valence-electron chi connectivity index (χ1n) is 6.83. The molecule has 2 rings (SSSR count). The molecule has 0 aliphatic carbocycles. The molecule has 0 aliphatic rings. The highest BCUT2D eigenvalue weighted by atomic mass is 32.2. The van der Waals surface area contributed by atoms with Gasteiger partial charge in [0.1, 0.15) is 0 Å². The van der Waals surface area contributed by atoms with Crippen LogP contribution in [-0.4, -0.2) is 36.4 Å². The fraction of sp³-hybridized carbons (Fsp3) is 0.312. The molecule has 0 aliphatic heterocycles. The highest BCUT2D eigenvalue weighted by Gasteiger charge is 2.18. The minimum Gasteiger partial charge on any atom is -0.493 e. The molecule has 0 radical (unpaired) electrons. The van der Waals surface area contributed by atoms with Gasteiger partial charge < -0.3 is 14.2 Å². The van der Waals surface area contributed by atoms with Crippen molar-refractivity contribution in [2.24, 2.45) is 0 Å². The van der Waals surface area contributed by atoms with Crippen molar-refractivity contribution in [1.82, 2.24) is 9.97 Å². The summed E-state index contributed by atoms with van der Waals surface area (Å²) in [6, 6.07) is 5.08. The molecule has 6 nitrogen and oxygen atoms in total. The van der Waals surface area contributed by atoms with Crippen LogP contribution in [0.15, 0.2) is 23.4 Å². The number of hydrogen-bond acceptors (Lipinski definition) is 7. The maximum absolute atomic E-state index is 12.5. The van der Waals surface area contributed by atoms with Crippen molar-refractivity contribution in [2.75, 3.05) is 21.3 Å². The third-order valence-corrected chi connectivity index (χ3v) is 3.83. The molecule has 0 bridgehead atoms. The fourth-order valence-electron chi connectivity index (χ4n) is 2.08. The summed E-state index contributed by atoms with van der Waals surface area (Å²) in [5.41, 5.74) is 2.06. The fourth-order valence-corrected chi connectivity index (χ4v) is 2.86. The number of aryl methyl sites for hydroxylation is 2. The van der Waals surface area contributed by atoms with Crippen molar-refractivity contribution in [1.29, 1.82) is 0 Å². The van der Waals surface area contributed by atoms with Crippen LogP contribution in [0.2, 0.25) is 0 Å². The second-order valence-corrected chi connectivity index (χ2v) is 5.68. The van der Waals surface area contributed by atoms with Gasteiger partial charge in [-0.3, -0.25) is 4.79 Å². The average Bonchev–Trinajstić information content (AvgIpc) is 2.52. The summed E-state index contributed by atoms with van der Waals surface area (Å²) >= 11 is 0.964. The third-order valence-electron chi connectivity index (χ3n) is 3.05. The van der Waals surface area contributed by atoms with Crippen molar-refractivity contribution in [2.45, 2.75) is 19.0 Å². The number of ether oxygens (including phenoxy) is 3. The molecular weight excluding hydrogens is 316 g/mol. The maximum atomic E-state index is 12.5. The minimum absolute atomic E-state index is 0.200. The van der Waals surface area contributed by atoms with Gasteiger partial charge in [0.2, 0.25) is 10.9 Å². The quantitative estimate of drug-likeness (QED) is 0.615. The highest BCUT2D eigenvalue weighted by molar-refractivity contribution is 8.14. The van der Waals surface area contributed by atoms with Gasteiger partial charge in [0, 0.05) is 17.0 Å². The monoisotopic (exact) mass is 334 g/mol. The number of nitrogens with zero attached hydrogens (tertiary/aromatic N) is 2. The molecule has 2 aromatic rings. The lowest BCUT2D eigenvalue weighted by Crippen LogP contribution is -2.01. The molecule has 0 unspecified atom stereocenters. The molecule has 1 heterocycles. The van der Waals surface area contributed by atoms with Gasteiger partial charge >= 0.3 is 0 Å². The predicted molar refractivity (Wildman–Crippen MR) is 87.8 cm³/mol. The first-order chi connectivity index (χ1) is 11.0. The number of thioether (sulfide) groups is 1. The number of benzene rings is 1. The molecule has 1 aromatic heterocycles. The number of methoxy groups -OCH3 is 3. The lowest BCUT2D eigenvalue weighted by atomic mass is 10.2. The molecule has 0 saturated heterocycles. The van der Waals surface area contributed by atoms with E-state index in [1.165, 1.54) is 21.3 Å². The van der Waals surface area contributed by atoms with Crippen LogP contribution in [0.1, 0.15) is 21.7 Å². The Morgan fingerprint density at radius 3 is 1.87 bits per heavy atom. The van der Waals surface area contributed by atoms with E-state index in [1.54, 1.807) is 12.1 Å². The largest absolute Gasteiger partial charge is 0.493 e. The van der Waals surface area contributed by atoms with E-state index < -0.39 is 0 Å². The maximum Gasteiger partial charge on any atom is 0.227 e. The molecule has 0 fully saturated rings. The molecule has 23 heavy (non-hydrogen) atoms. The number of carbonyl (C=O) groups excluding carboxylic acids is 1. The van der Waals surface area contributed by atoms with Gasteiger partial charge in [-0.1, -0.05) is 0 Å². The Balaban J connectivity index is 2.35. The van der Waals surface area contributed by atoms with E-state index in [-0.39, 0.29) is 5.12 Å². The number of aromatic nitrogens is 2. The molecule has 122 valence electrons. The molecule has 0 saturated carbocycles. The lowest BCUT2D eigenvalue weighted by Gasteiger charge is -2.13. The van der Waals surface area contributed by atoms with Crippen molar-refractivity contribution in [3.8, 4) is 17.2 Å². The minimum atomic E-state index is -0.200. The predicted octanol–water partition coefficient (Wildman–Crippen LogP) is 3.05. The zero-order valence-corrected chi connectivity index (χ0v) is 14.5. The first-order valence-corrected chi connectivity index (χ1v) is 7.64. The van der Waals surface area contributed by atoms with Gasteiger partial charge in [-0.15, -0.1) is 0 Å². The van der Waals surface area contributed by atoms with Gasteiger partial charge in [0.25, 0.3) is 0 Å². The smallest absolute Gasteiger partial charge is 0.227 e. The van der Waals surface area contributed by atoms with E-state index in [0.29, 0.717) is 28.0 Å². The van der Waals surface area contributed by atoms with Crippen LogP contribution in [-0.2, 0) is 0 Å². The standard InChI is InChI=1S/C16H18N2O4S/c1-9-6-10(2)18-16(17-9)23-15(19)11-7-12(20-3)14(22-5)13(8-11)21-4/h6-8H,1-5H3. The second kappa shape index (κ2) is 7.32. The van der Waals surface area contributed by atoms with Gasteiger partial charge in [-0.2, -0.15) is 0 Å². The topological polar surface area (TPSA) is 70.5 Å². The van der Waals surface area contributed by atoms with Gasteiger partial charge in [-0.05, 0) is 43.8 Å². The molecule has 7 heteroatoms. The van der Waals surface area contributed by atoms with E-state index in [9.17, 15) is 4.79 Å². The van der Waals surface area contributed by atoms with Crippen molar-refractivity contribution < 1.29 is 19.0 Å². The van der Waals surface area contributed by atoms with Crippen LogP contribution in [0.3, 0.4) is 0 Å². The Morgan fingerprint density at radius 2 is 1.43 bits per heavy atom. The SMILES string of the molecule is COc1cc(C(=O)Sc2nc(C)cc(C)n2)cc(OC)c1OC. The zero-order chi connectivity index (χ0) is 17.0. The van der Waals surface area contributed by atoms with Gasteiger partial charge in [0.15, 0.2) is 16.7 Å². The normalized spacial score (nSPS) is 10.3. The van der Waals surface area contributed by atoms with E-state index in [4.69, 9.17) is 14.2 Å². The van der Waals surface area contributed by atoms with E-state index in [2.05, 4.69) is 9.97 Å². The summed E-state index contributed by atoms with van der Waals surface area (Å²) < 4.78 is 15.8. The molecular formula is C16H18N2O4S. The van der Waals surface area contributed by atoms with E-state index >= 15 is 0 Å². The summed E-state index contributed by atoms with van der Waals surface area (Å²) in [7, 11) is 4.53. The summed E-state index contributed by atoms with van der Waals surface area (Å²) in [5, 5.41) is 0.218. The second-order valence-electron chi connectivity index (χ2n) is 4.74. The molecule has 0 spiro atoms. The molecule has 0 N–H and O–H groups in total. The van der Waals surface area contributed by atoms with Crippen LogP contribution in [0.5, 0.6) is 17.2 Å².